The Hall–Kier alpha value is -1.39. The maximum atomic E-state index is 15.7. The normalized spacial score (nSPS) is 34.4. The van der Waals surface area contributed by atoms with Crippen LogP contribution in [0.4, 0.5) is 0 Å². The molecule has 0 spiro atoms. The summed E-state index contributed by atoms with van der Waals surface area (Å²) in [6, 6.07) is 0. The Balaban J connectivity index is 1.98. The van der Waals surface area contributed by atoms with Gasteiger partial charge in [0.25, 0.3) is 192 Å². The summed E-state index contributed by atoms with van der Waals surface area (Å²) >= 11 is 0. The summed E-state index contributed by atoms with van der Waals surface area (Å²) in [6.45, 7) is 9.44. The fourth-order valence-corrected chi connectivity index (χ4v) is 53.6. The van der Waals surface area contributed by atoms with E-state index in [4.69, 9.17) is 29.0 Å². The van der Waals surface area contributed by atoms with E-state index >= 15 is 75.8 Å². The van der Waals surface area contributed by atoms with Gasteiger partial charge < -0.3 is 0 Å². The highest BCUT2D eigenvalue weighted by atomic mass is 32.3. The zero-order chi connectivity index (χ0) is 110. The lowest BCUT2D eigenvalue weighted by atomic mass is 10.0. The third kappa shape index (κ3) is 40.3. The van der Waals surface area contributed by atoms with Gasteiger partial charge in [0.15, 0.2) is 0 Å². The van der Waals surface area contributed by atoms with Gasteiger partial charge in [-0.3, -0.25) is 13.7 Å². The molecule has 5 saturated heterocycles. The quantitative estimate of drug-likeness (QED) is 0.0756. The van der Waals surface area contributed by atoms with Gasteiger partial charge in [-0.05, 0) is 206 Å². The zero-order valence-electron chi connectivity index (χ0n) is 82.2. The second-order valence-corrected chi connectivity index (χ2v) is 74.0. The van der Waals surface area contributed by atoms with Crippen molar-refractivity contribution in [2.24, 2.45) is 0 Å². The van der Waals surface area contributed by atoms with Gasteiger partial charge in [-0.2, -0.15) is 160 Å². The monoisotopic (exact) mass is 2460 g/mol. The van der Waals surface area contributed by atoms with Crippen LogP contribution in [0.5, 0.6) is 0 Å². The van der Waals surface area contributed by atoms with Gasteiger partial charge in [0.2, 0.25) is 0 Å². The highest BCUT2D eigenvalue weighted by molar-refractivity contribution is 8.05. The first kappa shape index (κ1) is 134. The summed E-state index contributed by atoms with van der Waals surface area (Å²) in [4.78, 5) is 0. The summed E-state index contributed by atoms with van der Waals surface area (Å²) in [5.74, 6) is 0. The molecule has 145 heavy (non-hydrogen) atoms. The predicted molar refractivity (Wildman–Crippen MR) is 534 cm³/mol. The van der Waals surface area contributed by atoms with Crippen LogP contribution in [0.25, 0.3) is 0 Å². The molecule has 19 unspecified atom stereocenters. The highest BCUT2D eigenvalue weighted by Gasteiger charge is 2.55. The lowest BCUT2D eigenvalue weighted by Gasteiger charge is -2.31. The zero-order valence-corrected chi connectivity index (χ0v) is 97.7. The Morgan fingerprint density at radius 3 is 0.966 bits per heavy atom. The summed E-state index contributed by atoms with van der Waals surface area (Å²) < 4.78 is 631. The first-order chi connectivity index (χ1) is 66.3. The molecular formula is C77H146O49S19. The second kappa shape index (κ2) is 55.2. The van der Waals surface area contributed by atoms with Crippen LogP contribution in [-0.4, -0.2) is 273 Å². The van der Waals surface area contributed by atoms with Crippen molar-refractivity contribution in [2.75, 3.05) is 0 Å². The largest absolute Gasteiger partial charge is 0.286 e. The van der Waals surface area contributed by atoms with E-state index in [1.807, 2.05) is 6.92 Å². The molecule has 49 nitrogen and oxygen atoms in total. The fourth-order valence-electron chi connectivity index (χ4n) is 19.0. The molecule has 19 atom stereocenters. The number of rotatable bonds is 20. The van der Waals surface area contributed by atoms with E-state index < -0.39 is 523 Å². The molecule has 5 aliphatic heterocycles. The third-order valence-corrected chi connectivity index (χ3v) is 65.0. The SMILES string of the molecule is CCCCCCC1CCCC2CCCCCCCC(C)S(=O)(=O)OS(=O)(=O)C(C)CCC3CCCCC(CCCC(CCC(CCC)S(=O)(=O)OS(=O)(=O)C(CC)CCCCC4CCCC5CCC(C(CC)S(=O)(=O)OS(=O)(=O)C(CC)CCC(S(=O)(=O)O)C(CCC(S(=O)(=O)O)C(CCCCC(CCC)S(=O)(=O)O)S(=O)(=O)OS4(=O)=O)S(=O)(=O)OS5(=O)=O)S(=O)(=O)OS3(=O)=O)S(=O)(=O)OS1(=O)=O)S(=O)(=O)OS2(=O)=O. The van der Waals surface area contributed by atoms with Gasteiger partial charge in [-0.1, -0.05) is 170 Å². The van der Waals surface area contributed by atoms with Crippen LogP contribution in [0.15, 0.2) is 0 Å². The maximum Gasteiger partial charge on any atom is 0.286 e. The van der Waals surface area contributed by atoms with Crippen molar-refractivity contribution in [2.45, 2.75) is 476 Å². The van der Waals surface area contributed by atoms with Gasteiger partial charge >= 0.3 is 0 Å². The Bertz CT molecular complexity index is 6620. The molecular weight excluding hydrogens is 2320 g/mol. The molecule has 5 heterocycles. The molecule has 5 aliphatic rings. The molecule has 0 aromatic rings. The first-order valence-corrected chi connectivity index (χ1v) is 76.7. The molecule has 0 amide bonds. The summed E-state index contributed by atoms with van der Waals surface area (Å²) in [5, 5.41) is -47.4. The van der Waals surface area contributed by atoms with Crippen molar-refractivity contribution in [3.63, 3.8) is 0 Å². The minimum atomic E-state index is -6.69. The Kier molecular flexibility index (Phi) is 51.0. The summed E-state index contributed by atoms with van der Waals surface area (Å²) in [6.07, 6.45) is -35.2. The predicted octanol–water partition coefficient (Wildman–Crippen LogP) is 8.80. The maximum absolute atomic E-state index is 15.7. The lowest BCUT2D eigenvalue weighted by Crippen LogP contribution is -2.47. The highest BCUT2D eigenvalue weighted by Crippen LogP contribution is 2.42. The van der Waals surface area contributed by atoms with E-state index in [-0.39, 0.29) is 70.6 Å². The van der Waals surface area contributed by atoms with Crippen LogP contribution in [0.3, 0.4) is 0 Å². The number of hydrogen-bond donors (Lipinski definition) is 3. The van der Waals surface area contributed by atoms with Crippen LogP contribution >= 0.6 is 0 Å². The molecule has 0 aromatic carbocycles. The summed E-state index contributed by atoms with van der Waals surface area (Å²) in [7, 11) is -113. The Labute approximate surface area is 863 Å². The molecule has 5 rings (SSSR count). The van der Waals surface area contributed by atoms with Gasteiger partial charge in [0.05, 0.1) is 68.2 Å². The second-order valence-electron chi connectivity index (χ2n) is 38.2. The average molecular weight is 2470 g/mol. The molecule has 0 radical (unpaired) electrons. The number of unbranched alkanes of at least 4 members (excludes halogenated alkanes) is 4. The molecule has 8 bridgehead atoms. The minimum absolute atomic E-state index is 0.0209. The Morgan fingerprint density at radius 2 is 0.531 bits per heavy atom. The van der Waals surface area contributed by atoms with Crippen LogP contribution in [-0.2, 0) is 221 Å². The van der Waals surface area contributed by atoms with Crippen molar-refractivity contribution in [1.82, 2.24) is 0 Å². The van der Waals surface area contributed by atoms with Crippen LogP contribution < -0.4 is 0 Å². The van der Waals surface area contributed by atoms with E-state index in [9.17, 15) is 97.8 Å². The van der Waals surface area contributed by atoms with E-state index in [1.54, 1.807) is 0 Å². The van der Waals surface area contributed by atoms with Gasteiger partial charge in [0, 0.05) is 0 Å². The molecule has 0 aliphatic carbocycles. The molecule has 0 aromatic heterocycles. The van der Waals surface area contributed by atoms with E-state index in [2.05, 4.69) is 0 Å². The minimum Gasteiger partial charge on any atom is -0.285 e. The number of fused-ring (bicyclic) bond motifs is 18. The molecule has 0 saturated carbocycles. The van der Waals surface area contributed by atoms with Gasteiger partial charge in [-0.25, -0.2) is 0 Å². The topological polar surface area (TPSA) is 783 Å². The van der Waals surface area contributed by atoms with Crippen molar-refractivity contribution in [3.05, 3.63) is 0 Å². The first-order valence-electron chi connectivity index (χ1n) is 48.7. The fraction of sp³-hybridized carbons (Fsp3) is 1.00. The van der Waals surface area contributed by atoms with E-state index in [0.717, 1.165) is 27.7 Å². The molecule has 862 valence electrons. The summed E-state index contributed by atoms with van der Waals surface area (Å²) in [5.41, 5.74) is 0. The molecule has 5 fully saturated rings. The average Bonchev–Trinajstić information content (AvgIpc) is 0.761. The Morgan fingerprint density at radius 1 is 0.228 bits per heavy atom. The van der Waals surface area contributed by atoms with Crippen molar-refractivity contribution in [1.29, 1.82) is 0 Å². The lowest BCUT2D eigenvalue weighted by molar-refractivity contribution is 0.385. The van der Waals surface area contributed by atoms with Crippen LogP contribution in [0.1, 0.15) is 376 Å². The van der Waals surface area contributed by atoms with Crippen molar-refractivity contribution < 1.29 is 203 Å². The molecule has 3 N–H and O–H groups in total. The van der Waals surface area contributed by atoms with Crippen molar-refractivity contribution >= 4 is 192 Å². The van der Waals surface area contributed by atoms with Crippen LogP contribution in [0, 0.1) is 0 Å². The van der Waals surface area contributed by atoms with Gasteiger partial charge in [-0.15, -0.1) is 29.0 Å². The smallest absolute Gasteiger partial charge is 0.285 e. The van der Waals surface area contributed by atoms with Gasteiger partial charge in [0.1, 0.15) is 31.5 Å². The van der Waals surface area contributed by atoms with E-state index in [0.29, 0.717) is 19.3 Å². The van der Waals surface area contributed by atoms with Crippen LogP contribution in [0.2, 0.25) is 0 Å². The standard InChI is InChI=1S/C77H146O49S19/c1-9-15-16-21-37-65-42-29-43-66-38-22-19-17-18-20-34-59(7)130(87,88)119-131(89,90)60(8)49-50-69-41-26-25-40-67(137(101,102)121-135(66,97)98)44-30-46-70(139(105,106)122-136(65,99)100)52-51-64(33-11-3)134(95,96)120-132(91,92)61(12-4)35-23-24-39-68-45-31-47-71-54-56-76(144(115,116)125-140(69,107)108)72(14-6)142(111,112)123-133(93,94)62(13-5)53-55-73(128(81,82)83)77(145(117,118)126-141(71,109)110)58-57-74(129(84,85)86)75(143(113,114)124-138(68,103)104)48-28-27-36-63(32-10-2)127(78,79)80/h59-77H,9-58H2,1-8H3,(H,78,79,80)(H,81,82,83)(H,84,85,86). The van der Waals surface area contributed by atoms with E-state index in [1.165, 1.54) is 20.8 Å². The number of hydrogen-bond acceptors (Lipinski definition) is 46. The molecule has 68 heteroatoms. The third-order valence-electron chi connectivity index (χ3n) is 27.6. The van der Waals surface area contributed by atoms with Crippen molar-refractivity contribution in [3.8, 4) is 0 Å².